The maximum absolute atomic E-state index is 13.0. The SMILES string of the molecule is C[C@H](C(=O)N1CCOc2c(O)cc(-c3cccc(Cl)c3)cc2C1)n1cccn1. The lowest BCUT2D eigenvalue weighted by Crippen LogP contribution is -2.37. The third kappa shape index (κ3) is 3.55. The first kappa shape index (κ1) is 18.4. The first-order valence-corrected chi connectivity index (χ1v) is 9.43. The number of hydrogen-bond donors (Lipinski definition) is 1. The van der Waals surface area contributed by atoms with Crippen LogP contribution in [-0.2, 0) is 11.3 Å². The number of hydrogen-bond acceptors (Lipinski definition) is 4. The summed E-state index contributed by atoms with van der Waals surface area (Å²) in [5.74, 6) is 0.433. The number of benzene rings is 2. The van der Waals surface area contributed by atoms with Crippen molar-refractivity contribution < 1.29 is 14.6 Å². The van der Waals surface area contributed by atoms with Crippen molar-refractivity contribution in [1.29, 1.82) is 0 Å². The molecule has 0 aliphatic carbocycles. The van der Waals surface area contributed by atoms with Crippen LogP contribution < -0.4 is 4.74 Å². The van der Waals surface area contributed by atoms with Crippen LogP contribution in [0.2, 0.25) is 5.02 Å². The largest absolute Gasteiger partial charge is 0.504 e. The second kappa shape index (κ2) is 7.56. The van der Waals surface area contributed by atoms with Gasteiger partial charge in [0.2, 0.25) is 5.91 Å². The molecule has 7 heteroatoms. The quantitative estimate of drug-likeness (QED) is 0.728. The maximum atomic E-state index is 13.0. The number of carbonyl (C=O) groups is 1. The summed E-state index contributed by atoms with van der Waals surface area (Å²) in [4.78, 5) is 14.7. The molecule has 4 rings (SSSR count). The third-order valence-corrected chi connectivity index (χ3v) is 5.10. The predicted octanol–water partition coefficient (Wildman–Crippen LogP) is 3.89. The van der Waals surface area contributed by atoms with Gasteiger partial charge < -0.3 is 14.7 Å². The number of rotatable bonds is 3. The fraction of sp³-hybridized carbons (Fsp3) is 0.238. The number of aromatic hydroxyl groups is 1. The van der Waals surface area contributed by atoms with Crippen LogP contribution in [0, 0.1) is 0 Å². The van der Waals surface area contributed by atoms with Crippen molar-refractivity contribution in [2.24, 2.45) is 0 Å². The van der Waals surface area contributed by atoms with E-state index in [-0.39, 0.29) is 11.7 Å². The molecule has 1 atom stereocenters. The van der Waals surface area contributed by atoms with Crippen LogP contribution in [0.1, 0.15) is 18.5 Å². The van der Waals surface area contributed by atoms with Crippen molar-refractivity contribution in [2.45, 2.75) is 19.5 Å². The van der Waals surface area contributed by atoms with Crippen LogP contribution in [0.4, 0.5) is 0 Å². The molecule has 2 aromatic carbocycles. The Morgan fingerprint density at radius 1 is 1.25 bits per heavy atom. The van der Waals surface area contributed by atoms with E-state index in [1.54, 1.807) is 40.2 Å². The molecule has 1 amide bonds. The zero-order chi connectivity index (χ0) is 19.7. The Morgan fingerprint density at radius 3 is 2.86 bits per heavy atom. The predicted molar refractivity (Wildman–Crippen MR) is 106 cm³/mol. The van der Waals surface area contributed by atoms with Gasteiger partial charge in [-0.2, -0.15) is 5.10 Å². The molecular weight excluding hydrogens is 378 g/mol. The number of phenolic OH excluding ortho intramolecular Hbond substituents is 1. The molecule has 1 aliphatic rings. The van der Waals surface area contributed by atoms with Crippen molar-refractivity contribution in [1.82, 2.24) is 14.7 Å². The van der Waals surface area contributed by atoms with E-state index >= 15 is 0 Å². The minimum Gasteiger partial charge on any atom is -0.504 e. The summed E-state index contributed by atoms with van der Waals surface area (Å²) in [5.41, 5.74) is 2.46. The number of fused-ring (bicyclic) bond motifs is 1. The molecule has 6 nitrogen and oxygen atoms in total. The summed E-state index contributed by atoms with van der Waals surface area (Å²) >= 11 is 6.10. The van der Waals surface area contributed by atoms with Crippen LogP contribution >= 0.6 is 11.6 Å². The Labute approximate surface area is 167 Å². The minimum absolute atomic E-state index is 0.0483. The Bertz CT molecular complexity index is 1000. The molecule has 0 fully saturated rings. The zero-order valence-electron chi connectivity index (χ0n) is 15.4. The molecule has 2 heterocycles. The first-order chi connectivity index (χ1) is 13.5. The average Bonchev–Trinajstić information content (AvgIpc) is 3.13. The van der Waals surface area contributed by atoms with Gasteiger partial charge >= 0.3 is 0 Å². The Morgan fingerprint density at radius 2 is 2.11 bits per heavy atom. The van der Waals surface area contributed by atoms with E-state index in [1.807, 2.05) is 31.2 Å². The number of carbonyl (C=O) groups excluding carboxylic acids is 1. The molecule has 0 bridgehead atoms. The molecule has 0 saturated carbocycles. The number of phenols is 1. The minimum atomic E-state index is -0.416. The van der Waals surface area contributed by atoms with Gasteiger partial charge in [-0.1, -0.05) is 23.7 Å². The second-order valence-electron chi connectivity index (χ2n) is 6.76. The van der Waals surface area contributed by atoms with Crippen molar-refractivity contribution in [2.75, 3.05) is 13.2 Å². The summed E-state index contributed by atoms with van der Waals surface area (Å²) in [6, 6.07) is 12.4. The van der Waals surface area contributed by atoms with Gasteiger partial charge in [0.05, 0.1) is 6.54 Å². The molecule has 1 aromatic heterocycles. The van der Waals surface area contributed by atoms with E-state index in [4.69, 9.17) is 16.3 Å². The van der Waals surface area contributed by atoms with E-state index in [1.165, 1.54) is 0 Å². The van der Waals surface area contributed by atoms with Crippen LogP contribution in [0.15, 0.2) is 54.9 Å². The second-order valence-corrected chi connectivity index (χ2v) is 7.20. The molecule has 0 spiro atoms. The Balaban J connectivity index is 1.66. The van der Waals surface area contributed by atoms with Crippen molar-refractivity contribution >= 4 is 17.5 Å². The van der Waals surface area contributed by atoms with Gasteiger partial charge in [-0.25, -0.2) is 0 Å². The highest BCUT2D eigenvalue weighted by atomic mass is 35.5. The van der Waals surface area contributed by atoms with Crippen LogP contribution in [-0.4, -0.2) is 38.8 Å². The zero-order valence-corrected chi connectivity index (χ0v) is 16.1. The molecule has 28 heavy (non-hydrogen) atoms. The third-order valence-electron chi connectivity index (χ3n) is 4.86. The summed E-state index contributed by atoms with van der Waals surface area (Å²) in [6.07, 6.45) is 3.42. The van der Waals surface area contributed by atoms with E-state index in [9.17, 15) is 9.90 Å². The standard InChI is InChI=1S/C21H20ClN3O3/c1-14(25-7-3-6-23-25)21(27)24-8-9-28-20-17(13-24)10-16(12-19(20)26)15-4-2-5-18(22)11-15/h2-7,10-12,14,26H,8-9,13H2,1H3/t14-/m1/s1. The highest BCUT2D eigenvalue weighted by molar-refractivity contribution is 6.30. The monoisotopic (exact) mass is 397 g/mol. The molecule has 0 unspecified atom stereocenters. The normalized spacial score (nSPS) is 14.7. The average molecular weight is 398 g/mol. The molecule has 1 N–H and O–H groups in total. The van der Waals surface area contributed by atoms with E-state index in [0.717, 1.165) is 16.7 Å². The van der Waals surface area contributed by atoms with Gasteiger partial charge in [-0.3, -0.25) is 9.48 Å². The molecule has 0 saturated heterocycles. The fourth-order valence-corrected chi connectivity index (χ4v) is 3.60. The van der Waals surface area contributed by atoms with Gasteiger partial charge in [-0.05, 0) is 48.4 Å². The number of amides is 1. The highest BCUT2D eigenvalue weighted by Gasteiger charge is 2.27. The van der Waals surface area contributed by atoms with E-state index < -0.39 is 6.04 Å². The fourth-order valence-electron chi connectivity index (χ4n) is 3.41. The summed E-state index contributed by atoms with van der Waals surface area (Å²) in [5, 5.41) is 15.3. The summed E-state index contributed by atoms with van der Waals surface area (Å²) < 4.78 is 7.39. The maximum Gasteiger partial charge on any atom is 0.247 e. The molecule has 0 radical (unpaired) electrons. The topological polar surface area (TPSA) is 67.6 Å². The smallest absolute Gasteiger partial charge is 0.247 e. The van der Waals surface area contributed by atoms with Gasteiger partial charge in [0.1, 0.15) is 12.6 Å². The van der Waals surface area contributed by atoms with Crippen LogP contribution in [0.25, 0.3) is 11.1 Å². The first-order valence-electron chi connectivity index (χ1n) is 9.05. The van der Waals surface area contributed by atoms with Gasteiger partial charge in [0.25, 0.3) is 0 Å². The van der Waals surface area contributed by atoms with E-state index in [0.29, 0.717) is 30.5 Å². The van der Waals surface area contributed by atoms with Crippen LogP contribution in [0.3, 0.4) is 0 Å². The molecule has 3 aromatic rings. The van der Waals surface area contributed by atoms with Crippen molar-refractivity contribution in [3.63, 3.8) is 0 Å². The summed E-state index contributed by atoms with van der Waals surface area (Å²) in [6.45, 7) is 2.92. The van der Waals surface area contributed by atoms with Gasteiger partial charge in [-0.15, -0.1) is 0 Å². The molecule has 1 aliphatic heterocycles. The number of nitrogens with zero attached hydrogens (tertiary/aromatic N) is 3. The van der Waals surface area contributed by atoms with Gasteiger partial charge in [0.15, 0.2) is 11.5 Å². The lowest BCUT2D eigenvalue weighted by molar-refractivity contribution is -0.135. The lowest BCUT2D eigenvalue weighted by Gasteiger charge is -2.24. The Kier molecular flexibility index (Phi) is 4.96. The number of aromatic nitrogens is 2. The highest BCUT2D eigenvalue weighted by Crippen LogP contribution is 2.38. The molecule has 144 valence electrons. The lowest BCUT2D eigenvalue weighted by atomic mass is 10.0. The van der Waals surface area contributed by atoms with E-state index in [2.05, 4.69) is 5.10 Å². The molecular formula is C21H20ClN3O3. The number of ether oxygens (including phenoxy) is 1. The summed E-state index contributed by atoms with van der Waals surface area (Å²) in [7, 11) is 0. The van der Waals surface area contributed by atoms with Gasteiger partial charge in [0, 0.05) is 29.5 Å². The number of halogens is 1. The Hall–Kier alpha value is -2.99. The van der Waals surface area contributed by atoms with Crippen LogP contribution in [0.5, 0.6) is 11.5 Å². The van der Waals surface area contributed by atoms with Crippen molar-refractivity contribution in [3.8, 4) is 22.6 Å². The van der Waals surface area contributed by atoms with Crippen molar-refractivity contribution in [3.05, 3.63) is 65.4 Å².